The number of amides is 1. The monoisotopic (exact) mass is 405 g/mol. The van der Waals surface area contributed by atoms with E-state index in [-0.39, 0.29) is 30.8 Å². The summed E-state index contributed by atoms with van der Waals surface area (Å²) >= 11 is 0. The Labute approximate surface area is 171 Å². The number of H-pyrrole nitrogens is 1. The minimum atomic E-state index is -0.467. The van der Waals surface area contributed by atoms with Crippen LogP contribution in [0.5, 0.6) is 0 Å². The lowest BCUT2D eigenvalue weighted by molar-refractivity contribution is -0.132. The van der Waals surface area contributed by atoms with Gasteiger partial charge in [-0.3, -0.25) is 14.5 Å². The number of aryl methyl sites for hydroxylation is 1. The van der Waals surface area contributed by atoms with Gasteiger partial charge in [0.15, 0.2) is 5.78 Å². The summed E-state index contributed by atoms with van der Waals surface area (Å²) in [6.07, 6.45) is 1.80. The van der Waals surface area contributed by atoms with Crippen molar-refractivity contribution < 1.29 is 23.9 Å². The molecule has 160 valence electrons. The zero-order valence-electron chi connectivity index (χ0n) is 17.6. The second-order valence-corrected chi connectivity index (χ2v) is 7.76. The number of nitrogens with zero attached hydrogens (tertiary/aromatic N) is 2. The Morgan fingerprint density at radius 1 is 1.21 bits per heavy atom. The van der Waals surface area contributed by atoms with Crippen LogP contribution in [0.2, 0.25) is 0 Å². The van der Waals surface area contributed by atoms with Gasteiger partial charge in [-0.05, 0) is 39.2 Å². The maximum Gasteiger partial charge on any atom is 0.355 e. The molecule has 8 nitrogen and oxygen atoms in total. The molecule has 1 saturated carbocycles. The third kappa shape index (κ3) is 5.25. The normalized spacial score (nSPS) is 17.2. The molecule has 1 aromatic rings. The van der Waals surface area contributed by atoms with E-state index in [1.807, 2.05) is 0 Å². The van der Waals surface area contributed by atoms with Crippen molar-refractivity contribution in [2.45, 2.75) is 33.6 Å². The summed E-state index contributed by atoms with van der Waals surface area (Å²) in [5, 5.41) is 0. The zero-order valence-corrected chi connectivity index (χ0v) is 17.6. The fourth-order valence-electron chi connectivity index (χ4n) is 3.77. The number of hydrogen-bond donors (Lipinski definition) is 1. The predicted octanol–water partition coefficient (Wildman–Crippen LogP) is 1.56. The van der Waals surface area contributed by atoms with Crippen molar-refractivity contribution >= 4 is 17.7 Å². The van der Waals surface area contributed by atoms with E-state index in [0.29, 0.717) is 42.3 Å². The van der Waals surface area contributed by atoms with Gasteiger partial charge in [0, 0.05) is 43.4 Å². The molecule has 1 aliphatic heterocycles. The first kappa shape index (κ1) is 21.5. The van der Waals surface area contributed by atoms with E-state index in [4.69, 9.17) is 9.47 Å². The zero-order chi connectivity index (χ0) is 21.0. The van der Waals surface area contributed by atoms with E-state index in [1.165, 1.54) is 0 Å². The SMILES string of the molecule is CCOC(=O)c1[nH]c(C)c(C(=O)CN(CCN2CCOCC2)C(=O)C2CC2)c1C. The van der Waals surface area contributed by atoms with Gasteiger partial charge in [0.05, 0.1) is 26.4 Å². The van der Waals surface area contributed by atoms with Gasteiger partial charge in [-0.2, -0.15) is 0 Å². The van der Waals surface area contributed by atoms with Crippen molar-refractivity contribution in [3.8, 4) is 0 Å². The molecule has 29 heavy (non-hydrogen) atoms. The second kappa shape index (κ2) is 9.54. The van der Waals surface area contributed by atoms with Gasteiger partial charge in [0.1, 0.15) is 5.69 Å². The third-order valence-corrected chi connectivity index (χ3v) is 5.56. The minimum absolute atomic E-state index is 0.0292. The molecule has 1 aromatic heterocycles. The number of ether oxygens (including phenoxy) is 2. The Morgan fingerprint density at radius 3 is 2.52 bits per heavy atom. The summed E-state index contributed by atoms with van der Waals surface area (Å²) in [6, 6.07) is 0. The van der Waals surface area contributed by atoms with Crippen molar-refractivity contribution in [1.29, 1.82) is 0 Å². The predicted molar refractivity (Wildman–Crippen MR) is 107 cm³/mol. The van der Waals surface area contributed by atoms with Crippen LogP contribution in [0.25, 0.3) is 0 Å². The first-order valence-electron chi connectivity index (χ1n) is 10.4. The molecule has 8 heteroatoms. The molecule has 1 amide bonds. The summed E-state index contributed by atoms with van der Waals surface area (Å²) in [5.41, 5.74) is 2.00. The summed E-state index contributed by atoms with van der Waals surface area (Å²) in [6.45, 7) is 9.89. The molecule has 1 aliphatic carbocycles. The van der Waals surface area contributed by atoms with Gasteiger partial charge in [0.2, 0.25) is 5.91 Å². The first-order chi connectivity index (χ1) is 13.9. The Bertz CT molecular complexity index is 763. The first-order valence-corrected chi connectivity index (χ1v) is 10.4. The number of hydrogen-bond acceptors (Lipinski definition) is 6. The standard InChI is InChI=1S/C21H31N3O5/c1-4-29-21(27)19-14(2)18(15(3)22-19)17(25)13-24(20(26)16-5-6-16)8-7-23-9-11-28-12-10-23/h16,22H,4-13H2,1-3H3. The third-order valence-electron chi connectivity index (χ3n) is 5.56. The average Bonchev–Trinajstić information content (AvgIpc) is 3.50. The fraction of sp³-hybridized carbons (Fsp3) is 0.667. The molecule has 3 rings (SSSR count). The van der Waals surface area contributed by atoms with Crippen LogP contribution < -0.4 is 0 Å². The van der Waals surface area contributed by atoms with Crippen molar-refractivity contribution in [3.05, 3.63) is 22.5 Å². The topological polar surface area (TPSA) is 91.9 Å². The number of Topliss-reactive ketones (excluding diaryl/α,β-unsaturated/α-hetero) is 1. The van der Waals surface area contributed by atoms with Crippen LogP contribution >= 0.6 is 0 Å². The van der Waals surface area contributed by atoms with Gasteiger partial charge in [-0.25, -0.2) is 4.79 Å². The van der Waals surface area contributed by atoms with E-state index in [2.05, 4.69) is 9.88 Å². The Hall–Kier alpha value is -2.19. The molecule has 2 aliphatic rings. The largest absolute Gasteiger partial charge is 0.461 e. The molecular formula is C21H31N3O5. The molecule has 0 atom stereocenters. The van der Waals surface area contributed by atoms with E-state index in [9.17, 15) is 14.4 Å². The van der Waals surface area contributed by atoms with Crippen LogP contribution in [0.4, 0.5) is 0 Å². The number of aromatic amines is 1. The van der Waals surface area contributed by atoms with Crippen molar-refractivity contribution in [2.24, 2.45) is 5.92 Å². The molecule has 0 aromatic carbocycles. The minimum Gasteiger partial charge on any atom is -0.461 e. The Balaban J connectivity index is 1.70. The van der Waals surface area contributed by atoms with Crippen LogP contribution in [0, 0.1) is 19.8 Å². The Morgan fingerprint density at radius 2 is 1.90 bits per heavy atom. The summed E-state index contributed by atoms with van der Waals surface area (Å²) in [7, 11) is 0. The van der Waals surface area contributed by atoms with Gasteiger partial charge in [0.25, 0.3) is 0 Å². The van der Waals surface area contributed by atoms with Crippen molar-refractivity contribution in [3.63, 3.8) is 0 Å². The highest BCUT2D eigenvalue weighted by Crippen LogP contribution is 2.31. The molecular weight excluding hydrogens is 374 g/mol. The van der Waals surface area contributed by atoms with Gasteiger partial charge >= 0.3 is 5.97 Å². The fourth-order valence-corrected chi connectivity index (χ4v) is 3.77. The molecule has 0 spiro atoms. The van der Waals surface area contributed by atoms with E-state index < -0.39 is 5.97 Å². The number of carbonyl (C=O) groups excluding carboxylic acids is 3. The lowest BCUT2D eigenvalue weighted by atomic mass is 10.0. The van der Waals surface area contributed by atoms with Crippen LogP contribution in [0.1, 0.15) is 51.9 Å². The lowest BCUT2D eigenvalue weighted by Gasteiger charge is -2.30. The summed E-state index contributed by atoms with van der Waals surface area (Å²) in [4.78, 5) is 44.9. The van der Waals surface area contributed by atoms with E-state index in [1.54, 1.807) is 25.7 Å². The molecule has 0 bridgehead atoms. The number of morpholine rings is 1. The highest BCUT2D eigenvalue weighted by atomic mass is 16.5. The summed E-state index contributed by atoms with van der Waals surface area (Å²) < 4.78 is 10.4. The smallest absolute Gasteiger partial charge is 0.355 e. The number of carbonyl (C=O) groups is 3. The number of aromatic nitrogens is 1. The maximum atomic E-state index is 13.1. The molecule has 1 N–H and O–H groups in total. The molecule has 0 unspecified atom stereocenters. The van der Waals surface area contributed by atoms with Crippen molar-refractivity contribution in [2.75, 3.05) is 52.5 Å². The van der Waals surface area contributed by atoms with Crippen LogP contribution in [-0.4, -0.2) is 85.0 Å². The second-order valence-electron chi connectivity index (χ2n) is 7.76. The van der Waals surface area contributed by atoms with Crippen LogP contribution in [0.15, 0.2) is 0 Å². The Kier molecular flexibility index (Phi) is 7.08. The molecule has 2 heterocycles. The number of rotatable bonds is 9. The van der Waals surface area contributed by atoms with Gasteiger partial charge < -0.3 is 19.4 Å². The average molecular weight is 405 g/mol. The van der Waals surface area contributed by atoms with Gasteiger partial charge in [-0.1, -0.05) is 0 Å². The maximum absolute atomic E-state index is 13.1. The molecule has 1 saturated heterocycles. The lowest BCUT2D eigenvalue weighted by Crippen LogP contribution is -2.45. The highest BCUT2D eigenvalue weighted by Gasteiger charge is 2.35. The van der Waals surface area contributed by atoms with E-state index >= 15 is 0 Å². The van der Waals surface area contributed by atoms with Crippen molar-refractivity contribution in [1.82, 2.24) is 14.8 Å². The number of nitrogens with one attached hydrogen (secondary N) is 1. The molecule has 0 radical (unpaired) electrons. The van der Waals surface area contributed by atoms with Crippen LogP contribution in [0.3, 0.4) is 0 Å². The van der Waals surface area contributed by atoms with Gasteiger partial charge in [-0.15, -0.1) is 0 Å². The number of esters is 1. The quantitative estimate of drug-likeness (QED) is 0.495. The van der Waals surface area contributed by atoms with Crippen LogP contribution in [-0.2, 0) is 14.3 Å². The summed E-state index contributed by atoms with van der Waals surface area (Å²) in [5.74, 6) is -0.507. The number of ketones is 1. The highest BCUT2D eigenvalue weighted by molar-refractivity contribution is 6.04. The molecule has 2 fully saturated rings. The van der Waals surface area contributed by atoms with E-state index in [0.717, 1.165) is 32.5 Å².